The average Bonchev–Trinajstić information content (AvgIpc) is 2.54. The second kappa shape index (κ2) is 7.79. The molecule has 0 aliphatic carbocycles. The molecule has 22 heavy (non-hydrogen) atoms. The molecule has 0 amide bonds. The van der Waals surface area contributed by atoms with Gasteiger partial charge in [-0.3, -0.25) is 0 Å². The first kappa shape index (κ1) is 16.3. The molecule has 0 spiro atoms. The Morgan fingerprint density at radius 1 is 1.14 bits per heavy atom. The van der Waals surface area contributed by atoms with Gasteiger partial charge in [0.2, 0.25) is 0 Å². The van der Waals surface area contributed by atoms with Crippen molar-refractivity contribution < 1.29 is 14.4 Å². The van der Waals surface area contributed by atoms with Crippen LogP contribution in [-0.4, -0.2) is 18.9 Å². The fraction of sp³-hybridized carbons (Fsp3) is 0.125. The van der Waals surface area contributed by atoms with Crippen LogP contribution in [0.25, 0.3) is 0 Å². The quantitative estimate of drug-likeness (QED) is 0.271. The van der Waals surface area contributed by atoms with E-state index in [-0.39, 0.29) is 12.3 Å². The minimum atomic E-state index is -0.473. The van der Waals surface area contributed by atoms with Crippen molar-refractivity contribution in [1.82, 2.24) is 0 Å². The minimum absolute atomic E-state index is 0.119. The molecule has 5 nitrogen and oxygen atoms in total. The number of methoxy groups -OCH3 is 1. The molecule has 2 N–H and O–H groups in total. The van der Waals surface area contributed by atoms with Crippen LogP contribution in [0.1, 0.15) is 11.1 Å². The van der Waals surface area contributed by atoms with Crippen LogP contribution in [0.15, 0.2) is 53.7 Å². The van der Waals surface area contributed by atoms with Crippen LogP contribution >= 0.6 is 22.6 Å². The van der Waals surface area contributed by atoms with Crippen LogP contribution in [0, 0.1) is 3.57 Å². The molecule has 0 atom stereocenters. The van der Waals surface area contributed by atoms with Crippen molar-refractivity contribution in [2.45, 2.75) is 6.42 Å². The topological polar surface area (TPSA) is 73.9 Å². The molecule has 6 heteroatoms. The number of nitrogens with zero attached hydrogens (tertiary/aromatic N) is 1. The van der Waals surface area contributed by atoms with Gasteiger partial charge in [0.25, 0.3) is 0 Å². The Morgan fingerprint density at radius 2 is 1.77 bits per heavy atom. The summed E-state index contributed by atoms with van der Waals surface area (Å²) in [6.07, 6.45) is 0.119. The van der Waals surface area contributed by atoms with Crippen molar-refractivity contribution in [2.24, 2.45) is 10.9 Å². The van der Waals surface area contributed by atoms with E-state index in [1.54, 1.807) is 31.4 Å². The third-order valence-corrected chi connectivity index (χ3v) is 3.61. The van der Waals surface area contributed by atoms with Crippen LogP contribution < -0.4 is 10.5 Å². The highest BCUT2D eigenvalue weighted by molar-refractivity contribution is 14.1. The predicted molar refractivity (Wildman–Crippen MR) is 92.7 cm³/mol. The SMILES string of the molecule is COc1ccc(CC(=O)O/N=C(\N)c2ccc(I)cc2)cc1. The van der Waals surface area contributed by atoms with E-state index in [4.69, 9.17) is 15.3 Å². The van der Waals surface area contributed by atoms with Gasteiger partial charge in [0.05, 0.1) is 13.5 Å². The first-order valence-electron chi connectivity index (χ1n) is 6.50. The lowest BCUT2D eigenvalue weighted by Gasteiger charge is -2.03. The molecule has 0 heterocycles. The molecule has 2 rings (SSSR count). The third kappa shape index (κ3) is 4.73. The largest absolute Gasteiger partial charge is 0.497 e. The third-order valence-electron chi connectivity index (χ3n) is 2.89. The molecule has 0 aliphatic heterocycles. The summed E-state index contributed by atoms with van der Waals surface area (Å²) in [5.74, 6) is 0.427. The predicted octanol–water partition coefficient (Wildman–Crippen LogP) is 2.71. The van der Waals surface area contributed by atoms with Gasteiger partial charge in [-0.1, -0.05) is 29.4 Å². The van der Waals surface area contributed by atoms with E-state index in [0.717, 1.165) is 14.9 Å². The minimum Gasteiger partial charge on any atom is -0.497 e. The van der Waals surface area contributed by atoms with E-state index in [2.05, 4.69) is 27.7 Å². The van der Waals surface area contributed by atoms with Crippen molar-refractivity contribution in [3.8, 4) is 5.75 Å². The maximum Gasteiger partial charge on any atom is 0.339 e. The van der Waals surface area contributed by atoms with Crippen molar-refractivity contribution in [3.63, 3.8) is 0 Å². The van der Waals surface area contributed by atoms with E-state index in [1.807, 2.05) is 24.3 Å². The second-order valence-electron chi connectivity index (χ2n) is 4.47. The fourth-order valence-corrected chi connectivity index (χ4v) is 2.08. The van der Waals surface area contributed by atoms with Gasteiger partial charge < -0.3 is 15.3 Å². The zero-order chi connectivity index (χ0) is 15.9. The smallest absolute Gasteiger partial charge is 0.339 e. The van der Waals surface area contributed by atoms with Gasteiger partial charge >= 0.3 is 5.97 Å². The number of hydrogen-bond acceptors (Lipinski definition) is 4. The van der Waals surface area contributed by atoms with Gasteiger partial charge in [0.1, 0.15) is 5.75 Å². The molecule has 114 valence electrons. The summed E-state index contributed by atoms with van der Waals surface area (Å²) in [6.45, 7) is 0. The summed E-state index contributed by atoms with van der Waals surface area (Å²) in [7, 11) is 1.59. The monoisotopic (exact) mass is 410 g/mol. The van der Waals surface area contributed by atoms with Crippen molar-refractivity contribution >= 4 is 34.4 Å². The van der Waals surface area contributed by atoms with Gasteiger partial charge in [-0.2, -0.15) is 0 Å². The molecular formula is C16H15IN2O3. The Labute approximate surface area is 142 Å². The number of carbonyl (C=O) groups is 1. The zero-order valence-electron chi connectivity index (χ0n) is 12.0. The van der Waals surface area contributed by atoms with Gasteiger partial charge in [0.15, 0.2) is 5.84 Å². The van der Waals surface area contributed by atoms with Crippen LogP contribution in [0.4, 0.5) is 0 Å². The van der Waals surface area contributed by atoms with E-state index in [0.29, 0.717) is 5.56 Å². The summed E-state index contributed by atoms with van der Waals surface area (Å²) in [5.41, 5.74) is 7.30. The Morgan fingerprint density at radius 3 is 2.36 bits per heavy atom. The molecule has 0 aliphatic rings. The first-order chi connectivity index (χ1) is 10.6. The van der Waals surface area contributed by atoms with Gasteiger partial charge in [-0.25, -0.2) is 4.79 Å². The Bertz CT molecular complexity index is 667. The maximum atomic E-state index is 11.7. The fourth-order valence-electron chi connectivity index (χ4n) is 1.72. The molecule has 2 aromatic carbocycles. The number of halogens is 1. The molecule has 0 saturated carbocycles. The molecule has 0 radical (unpaired) electrons. The Kier molecular flexibility index (Phi) is 5.76. The summed E-state index contributed by atoms with van der Waals surface area (Å²) >= 11 is 2.19. The normalized spacial score (nSPS) is 11.1. The van der Waals surface area contributed by atoms with Gasteiger partial charge in [-0.15, -0.1) is 0 Å². The molecule has 0 unspecified atom stereocenters. The van der Waals surface area contributed by atoms with Crippen LogP contribution in [-0.2, 0) is 16.1 Å². The zero-order valence-corrected chi connectivity index (χ0v) is 14.1. The van der Waals surface area contributed by atoms with Crippen molar-refractivity contribution in [2.75, 3.05) is 7.11 Å². The number of ether oxygens (including phenoxy) is 1. The summed E-state index contributed by atoms with van der Waals surface area (Å²) in [4.78, 5) is 16.6. The molecule has 0 bridgehead atoms. The lowest BCUT2D eigenvalue weighted by atomic mass is 10.1. The number of oxime groups is 1. The summed E-state index contributed by atoms with van der Waals surface area (Å²) < 4.78 is 6.14. The van der Waals surface area contributed by atoms with Crippen LogP contribution in [0.2, 0.25) is 0 Å². The Balaban J connectivity index is 1.93. The second-order valence-corrected chi connectivity index (χ2v) is 5.72. The van der Waals surface area contributed by atoms with Crippen molar-refractivity contribution in [3.05, 3.63) is 63.2 Å². The van der Waals surface area contributed by atoms with Crippen LogP contribution in [0.5, 0.6) is 5.75 Å². The molecule has 0 saturated heterocycles. The standard InChI is InChI=1S/C16H15IN2O3/c1-21-14-8-2-11(3-9-14)10-15(20)22-19-16(18)12-4-6-13(17)7-5-12/h2-9H,10H2,1H3,(H2,18,19). The van der Waals surface area contributed by atoms with Gasteiger partial charge in [-0.05, 0) is 52.4 Å². The van der Waals surface area contributed by atoms with E-state index < -0.39 is 5.97 Å². The number of carbonyl (C=O) groups excluding carboxylic acids is 1. The number of hydrogen-bond donors (Lipinski definition) is 1. The first-order valence-corrected chi connectivity index (χ1v) is 7.58. The van der Waals surface area contributed by atoms with E-state index in [1.165, 1.54) is 0 Å². The highest BCUT2D eigenvalue weighted by Crippen LogP contribution is 2.12. The highest BCUT2D eigenvalue weighted by atomic mass is 127. The van der Waals surface area contributed by atoms with E-state index >= 15 is 0 Å². The molecule has 0 aromatic heterocycles. The highest BCUT2D eigenvalue weighted by Gasteiger charge is 2.06. The molecule has 0 fully saturated rings. The number of rotatable bonds is 5. The van der Waals surface area contributed by atoms with Crippen LogP contribution in [0.3, 0.4) is 0 Å². The molecular weight excluding hydrogens is 395 g/mol. The van der Waals surface area contributed by atoms with E-state index in [9.17, 15) is 4.79 Å². The lowest BCUT2D eigenvalue weighted by molar-refractivity contribution is -0.142. The number of amidine groups is 1. The van der Waals surface area contributed by atoms with Crippen molar-refractivity contribution in [1.29, 1.82) is 0 Å². The van der Waals surface area contributed by atoms with Gasteiger partial charge in [0, 0.05) is 9.13 Å². The molecule has 2 aromatic rings. The number of nitrogens with two attached hydrogens (primary N) is 1. The summed E-state index contributed by atoms with van der Waals surface area (Å²) in [5, 5.41) is 3.67. The lowest BCUT2D eigenvalue weighted by Crippen LogP contribution is -2.15. The Hall–Kier alpha value is -2.09. The summed E-state index contributed by atoms with van der Waals surface area (Å²) in [6, 6.07) is 14.6. The maximum absolute atomic E-state index is 11.7. The number of benzene rings is 2. The average molecular weight is 410 g/mol.